The highest BCUT2D eigenvalue weighted by Gasteiger charge is 2.38. The molecule has 1 nitrogen and oxygen atoms in total. The Balaban J connectivity index is 4.34. The fourth-order valence-corrected chi connectivity index (χ4v) is 0.782. The molecule has 1 atom stereocenters. The summed E-state index contributed by atoms with van der Waals surface area (Å²) in [7, 11) is 0. The Morgan fingerprint density at radius 3 is 1.92 bits per heavy atom. The molecule has 4 heteroatoms. The van der Waals surface area contributed by atoms with Gasteiger partial charge in [-0.2, -0.15) is 0 Å². The Bertz CT molecular complexity index is 126. The van der Waals surface area contributed by atoms with Gasteiger partial charge in [0, 0.05) is 0 Å². The highest BCUT2D eigenvalue weighted by atomic mass is 19.1. The van der Waals surface area contributed by atoms with Crippen molar-refractivity contribution in [3.63, 3.8) is 0 Å². The quantitative estimate of drug-likeness (QED) is 0.621. The van der Waals surface area contributed by atoms with Gasteiger partial charge in [0.1, 0.15) is 20.0 Å². The zero-order chi connectivity index (χ0) is 9.61. The van der Waals surface area contributed by atoms with E-state index < -0.39 is 31.5 Å². The van der Waals surface area contributed by atoms with Gasteiger partial charge in [0.2, 0.25) is 0 Å². The molecule has 0 rings (SSSR count). The van der Waals surface area contributed by atoms with Crippen molar-refractivity contribution in [2.75, 3.05) is 20.0 Å². The van der Waals surface area contributed by atoms with Gasteiger partial charge < -0.3 is 5.11 Å². The monoisotopic (exact) mass is 182 g/mol. The van der Waals surface area contributed by atoms with E-state index in [1.807, 2.05) is 0 Å². The molecule has 0 spiro atoms. The summed E-state index contributed by atoms with van der Waals surface area (Å²) < 4.78 is 36.6. The summed E-state index contributed by atoms with van der Waals surface area (Å²) in [4.78, 5) is 0. The van der Waals surface area contributed by atoms with E-state index in [1.165, 1.54) is 6.08 Å². The largest absolute Gasteiger partial charge is 0.392 e. The van der Waals surface area contributed by atoms with Crippen LogP contribution >= 0.6 is 0 Å². The van der Waals surface area contributed by atoms with Crippen LogP contribution in [0.2, 0.25) is 0 Å². The average molecular weight is 182 g/mol. The van der Waals surface area contributed by atoms with Crippen molar-refractivity contribution in [2.45, 2.75) is 12.5 Å². The summed E-state index contributed by atoms with van der Waals surface area (Å²) in [5.41, 5.74) is -1.88. The van der Waals surface area contributed by atoms with Crippen molar-refractivity contribution in [1.29, 1.82) is 0 Å². The maximum atomic E-state index is 12.2. The third-order valence-electron chi connectivity index (χ3n) is 1.90. The smallest absolute Gasteiger partial charge is 0.103 e. The summed E-state index contributed by atoms with van der Waals surface area (Å²) in [6.45, 7) is -0.308. The van der Waals surface area contributed by atoms with Gasteiger partial charge >= 0.3 is 0 Å². The summed E-state index contributed by atoms with van der Waals surface area (Å²) in [5.74, 6) is 0. The van der Waals surface area contributed by atoms with Gasteiger partial charge in [-0.15, -0.1) is 6.58 Å². The Labute approximate surface area is 69.9 Å². The summed E-state index contributed by atoms with van der Waals surface area (Å²) in [6, 6.07) is 0. The molecule has 72 valence electrons. The summed E-state index contributed by atoms with van der Waals surface area (Å²) >= 11 is 0. The SMILES string of the molecule is C=CCC(O)C(CF)(CF)CF. The van der Waals surface area contributed by atoms with Crippen LogP contribution in [0.3, 0.4) is 0 Å². The lowest BCUT2D eigenvalue weighted by molar-refractivity contribution is -0.0258. The van der Waals surface area contributed by atoms with E-state index in [0.717, 1.165) is 0 Å². The van der Waals surface area contributed by atoms with Crippen LogP contribution in [0, 0.1) is 5.41 Å². The van der Waals surface area contributed by atoms with E-state index in [9.17, 15) is 13.2 Å². The molecule has 1 unspecified atom stereocenters. The normalized spacial score (nSPS) is 14.3. The Morgan fingerprint density at radius 2 is 1.67 bits per heavy atom. The lowest BCUT2D eigenvalue weighted by Gasteiger charge is -2.29. The average Bonchev–Trinajstić information content (AvgIpc) is 2.09. The number of rotatable bonds is 6. The van der Waals surface area contributed by atoms with Crippen molar-refractivity contribution in [3.8, 4) is 0 Å². The Morgan fingerprint density at radius 1 is 1.25 bits per heavy atom. The van der Waals surface area contributed by atoms with Gasteiger partial charge in [-0.1, -0.05) is 6.08 Å². The number of halogens is 3. The standard InChI is InChI=1S/C8H13F3O/c1-2-3-7(12)8(4-9,5-10)6-11/h2,7,12H,1,3-6H2. The Hall–Kier alpha value is -0.510. The molecule has 0 aromatic heterocycles. The molecule has 1 N–H and O–H groups in total. The number of alkyl halides is 3. The fourth-order valence-electron chi connectivity index (χ4n) is 0.782. The van der Waals surface area contributed by atoms with Crippen LogP contribution in [-0.4, -0.2) is 31.2 Å². The van der Waals surface area contributed by atoms with E-state index in [4.69, 9.17) is 5.11 Å². The second-order valence-electron chi connectivity index (χ2n) is 2.80. The molecule has 0 radical (unpaired) electrons. The second-order valence-corrected chi connectivity index (χ2v) is 2.80. The topological polar surface area (TPSA) is 20.2 Å². The zero-order valence-corrected chi connectivity index (χ0v) is 6.77. The first kappa shape index (κ1) is 11.5. The summed E-state index contributed by atoms with van der Waals surface area (Å²) in [6.07, 6.45) is -0.0342. The van der Waals surface area contributed by atoms with Gasteiger partial charge in [0.05, 0.1) is 11.5 Å². The molecule has 0 aromatic rings. The molecular weight excluding hydrogens is 169 g/mol. The minimum Gasteiger partial charge on any atom is -0.392 e. The minimum absolute atomic E-state index is 0.00222. The van der Waals surface area contributed by atoms with Crippen LogP contribution in [0.1, 0.15) is 6.42 Å². The highest BCUT2D eigenvalue weighted by molar-refractivity contribution is 4.89. The third-order valence-corrected chi connectivity index (χ3v) is 1.90. The van der Waals surface area contributed by atoms with Crippen molar-refractivity contribution < 1.29 is 18.3 Å². The summed E-state index contributed by atoms with van der Waals surface area (Å²) in [5, 5.41) is 9.17. The van der Waals surface area contributed by atoms with Crippen molar-refractivity contribution in [2.24, 2.45) is 5.41 Å². The van der Waals surface area contributed by atoms with Gasteiger partial charge in [0.15, 0.2) is 0 Å². The Kier molecular flexibility index (Phi) is 4.97. The molecule has 0 aliphatic rings. The molecule has 0 saturated heterocycles. The number of aliphatic hydroxyl groups excluding tert-OH is 1. The third kappa shape index (κ3) is 2.24. The van der Waals surface area contributed by atoms with E-state index in [1.54, 1.807) is 0 Å². The van der Waals surface area contributed by atoms with Crippen LogP contribution in [-0.2, 0) is 0 Å². The molecule has 0 bridgehead atoms. The number of hydrogen-bond acceptors (Lipinski definition) is 1. The molecule has 0 aliphatic carbocycles. The molecule has 0 aromatic carbocycles. The first-order valence-corrected chi connectivity index (χ1v) is 3.63. The van der Waals surface area contributed by atoms with Crippen molar-refractivity contribution >= 4 is 0 Å². The number of aliphatic hydroxyl groups is 1. The second kappa shape index (κ2) is 5.19. The predicted molar refractivity (Wildman–Crippen MR) is 41.2 cm³/mol. The molecule has 0 amide bonds. The molecule has 0 saturated carbocycles. The van der Waals surface area contributed by atoms with Crippen LogP contribution in [0.4, 0.5) is 13.2 Å². The first-order valence-electron chi connectivity index (χ1n) is 3.63. The van der Waals surface area contributed by atoms with E-state index in [-0.39, 0.29) is 6.42 Å². The lowest BCUT2D eigenvalue weighted by Crippen LogP contribution is -2.41. The van der Waals surface area contributed by atoms with E-state index in [2.05, 4.69) is 6.58 Å². The van der Waals surface area contributed by atoms with Crippen LogP contribution in [0.5, 0.6) is 0 Å². The maximum absolute atomic E-state index is 12.2. The zero-order valence-electron chi connectivity index (χ0n) is 6.77. The van der Waals surface area contributed by atoms with E-state index in [0.29, 0.717) is 0 Å². The van der Waals surface area contributed by atoms with Crippen molar-refractivity contribution in [1.82, 2.24) is 0 Å². The van der Waals surface area contributed by atoms with Crippen LogP contribution in [0.15, 0.2) is 12.7 Å². The highest BCUT2D eigenvalue weighted by Crippen LogP contribution is 2.26. The maximum Gasteiger partial charge on any atom is 0.103 e. The van der Waals surface area contributed by atoms with Crippen LogP contribution in [0.25, 0.3) is 0 Å². The van der Waals surface area contributed by atoms with Gasteiger partial charge in [-0.05, 0) is 6.42 Å². The minimum atomic E-state index is -1.88. The fraction of sp³-hybridized carbons (Fsp3) is 0.750. The van der Waals surface area contributed by atoms with Gasteiger partial charge in [-0.3, -0.25) is 13.2 Å². The van der Waals surface area contributed by atoms with Gasteiger partial charge in [-0.25, -0.2) is 0 Å². The number of hydrogen-bond donors (Lipinski definition) is 1. The molecular formula is C8H13F3O. The predicted octanol–water partition coefficient (Wildman–Crippen LogP) is 1.82. The molecule has 12 heavy (non-hydrogen) atoms. The van der Waals surface area contributed by atoms with E-state index >= 15 is 0 Å². The van der Waals surface area contributed by atoms with Crippen LogP contribution < -0.4 is 0 Å². The first-order chi connectivity index (χ1) is 5.66. The lowest BCUT2D eigenvalue weighted by atomic mass is 9.84. The molecule has 0 aliphatic heterocycles. The molecule has 0 fully saturated rings. The van der Waals surface area contributed by atoms with Crippen molar-refractivity contribution in [3.05, 3.63) is 12.7 Å². The molecule has 0 heterocycles. The van der Waals surface area contributed by atoms with Gasteiger partial charge in [0.25, 0.3) is 0 Å².